The third-order valence-electron chi connectivity index (χ3n) is 1.82. The fraction of sp³-hybridized carbons (Fsp3) is 0.333. The van der Waals surface area contributed by atoms with E-state index in [1.165, 1.54) is 6.07 Å². The summed E-state index contributed by atoms with van der Waals surface area (Å²) in [7, 11) is 0. The minimum Gasteiger partial charge on any atom is -0.207 e. The highest BCUT2D eigenvalue weighted by Gasteiger charge is 2.11. The summed E-state index contributed by atoms with van der Waals surface area (Å²) in [6.07, 6.45) is 0.525. The van der Waals surface area contributed by atoms with E-state index in [0.717, 1.165) is 0 Å². The maximum absolute atomic E-state index is 13.0. The first-order valence-electron chi connectivity index (χ1n) is 3.90. The molecule has 0 spiro atoms. The number of halogens is 2. The molecule has 66 valence electrons. The molecule has 0 saturated heterocycles. The molecule has 0 heterocycles. The van der Waals surface area contributed by atoms with Crippen LogP contribution >= 0.6 is 0 Å². The van der Waals surface area contributed by atoms with Crippen LogP contribution in [0.3, 0.4) is 0 Å². The van der Waals surface area contributed by atoms with E-state index < -0.39 is 6.04 Å². The van der Waals surface area contributed by atoms with Gasteiger partial charge in [0.25, 0.3) is 0 Å². The van der Waals surface area contributed by atoms with Crippen molar-refractivity contribution in [2.24, 2.45) is 0 Å². The molecule has 0 saturated carbocycles. The van der Waals surface area contributed by atoms with E-state index in [1.54, 1.807) is 30.7 Å². The lowest BCUT2D eigenvalue weighted by atomic mass is 10.1. The molecular formula is C9H11F2N. The van der Waals surface area contributed by atoms with E-state index in [4.69, 9.17) is 0 Å². The average molecular weight is 171 g/mol. The van der Waals surface area contributed by atoms with Crippen molar-refractivity contribution in [1.29, 1.82) is 0 Å². The maximum Gasteiger partial charge on any atom is 0.128 e. The number of benzene rings is 1. The van der Waals surface area contributed by atoms with E-state index in [0.29, 0.717) is 12.0 Å². The normalized spacial score (nSPS) is 12.9. The van der Waals surface area contributed by atoms with Gasteiger partial charge >= 0.3 is 0 Å². The summed E-state index contributed by atoms with van der Waals surface area (Å²) in [6, 6.07) is 5.65. The second-order valence-corrected chi connectivity index (χ2v) is 2.59. The molecular weight excluding hydrogens is 160 g/mol. The summed E-state index contributed by atoms with van der Waals surface area (Å²) < 4.78 is 25.1. The number of rotatable bonds is 3. The van der Waals surface area contributed by atoms with Crippen molar-refractivity contribution in [2.45, 2.75) is 19.4 Å². The lowest BCUT2D eigenvalue weighted by molar-refractivity contribution is 0.263. The first-order valence-corrected chi connectivity index (χ1v) is 3.90. The predicted octanol–water partition coefficient (Wildman–Crippen LogP) is 2.75. The van der Waals surface area contributed by atoms with Crippen LogP contribution in [0.2, 0.25) is 0 Å². The van der Waals surface area contributed by atoms with Crippen LogP contribution in [0.5, 0.6) is 0 Å². The minimum atomic E-state index is -0.536. The molecule has 0 aromatic heterocycles. The van der Waals surface area contributed by atoms with Gasteiger partial charge in [0.1, 0.15) is 5.82 Å². The van der Waals surface area contributed by atoms with Gasteiger partial charge in [-0.15, -0.1) is 4.48 Å². The lowest BCUT2D eigenvalue weighted by Gasteiger charge is -2.11. The molecule has 1 aromatic rings. The Kier molecular flexibility index (Phi) is 3.17. The molecule has 0 bridgehead atoms. The quantitative estimate of drug-likeness (QED) is 0.689. The summed E-state index contributed by atoms with van der Waals surface area (Å²) in [6.45, 7) is 1.80. The van der Waals surface area contributed by atoms with Gasteiger partial charge in [0, 0.05) is 5.56 Å². The maximum atomic E-state index is 13.0. The van der Waals surface area contributed by atoms with Gasteiger partial charge in [0.05, 0.1) is 6.04 Å². The Morgan fingerprint density at radius 2 is 2.08 bits per heavy atom. The molecule has 1 rings (SSSR count). The van der Waals surface area contributed by atoms with Crippen LogP contribution < -0.4 is 5.54 Å². The average Bonchev–Trinajstić information content (AvgIpc) is 2.10. The summed E-state index contributed by atoms with van der Waals surface area (Å²) >= 11 is 0. The molecule has 0 fully saturated rings. The number of nitrogens with one attached hydrogen (secondary N) is 1. The van der Waals surface area contributed by atoms with Crippen LogP contribution in [-0.2, 0) is 0 Å². The molecule has 1 N–H and O–H groups in total. The number of hydrogen-bond donors (Lipinski definition) is 1. The summed E-state index contributed by atoms with van der Waals surface area (Å²) in [4.78, 5) is 0. The van der Waals surface area contributed by atoms with Crippen molar-refractivity contribution in [3.8, 4) is 0 Å². The van der Waals surface area contributed by atoms with Crippen molar-refractivity contribution in [3.05, 3.63) is 35.6 Å². The van der Waals surface area contributed by atoms with Gasteiger partial charge in [0.15, 0.2) is 0 Å². The van der Waals surface area contributed by atoms with Gasteiger partial charge < -0.3 is 0 Å². The third kappa shape index (κ3) is 1.80. The smallest absolute Gasteiger partial charge is 0.128 e. The molecule has 1 aromatic carbocycles. The molecule has 0 aliphatic rings. The third-order valence-corrected chi connectivity index (χ3v) is 1.82. The Hall–Kier alpha value is -0.960. The molecule has 3 heteroatoms. The first kappa shape index (κ1) is 9.13. The lowest BCUT2D eigenvalue weighted by Crippen LogP contribution is -2.12. The van der Waals surface area contributed by atoms with E-state index in [9.17, 15) is 8.87 Å². The van der Waals surface area contributed by atoms with Gasteiger partial charge in [-0.1, -0.05) is 25.1 Å². The van der Waals surface area contributed by atoms with Crippen molar-refractivity contribution in [2.75, 3.05) is 0 Å². The van der Waals surface area contributed by atoms with Gasteiger partial charge in [-0.3, -0.25) is 0 Å². The van der Waals surface area contributed by atoms with Gasteiger partial charge in [-0.05, 0) is 12.5 Å². The molecule has 0 aliphatic heterocycles. The fourth-order valence-corrected chi connectivity index (χ4v) is 1.11. The highest BCUT2D eigenvalue weighted by Crippen LogP contribution is 2.19. The molecule has 1 nitrogen and oxygen atoms in total. The zero-order valence-corrected chi connectivity index (χ0v) is 6.85. The van der Waals surface area contributed by atoms with Crippen LogP contribution in [-0.4, -0.2) is 0 Å². The molecule has 0 aliphatic carbocycles. The zero-order chi connectivity index (χ0) is 8.97. The first-order chi connectivity index (χ1) is 5.79. The van der Waals surface area contributed by atoms with E-state index in [2.05, 4.69) is 0 Å². The van der Waals surface area contributed by atoms with Gasteiger partial charge in [0.2, 0.25) is 0 Å². The predicted molar refractivity (Wildman–Crippen MR) is 43.7 cm³/mol. The van der Waals surface area contributed by atoms with E-state index in [-0.39, 0.29) is 5.82 Å². The molecule has 1 unspecified atom stereocenters. The van der Waals surface area contributed by atoms with Crippen LogP contribution in [0.15, 0.2) is 24.3 Å². The molecule has 12 heavy (non-hydrogen) atoms. The SMILES string of the molecule is CCC(NF)c1ccccc1F. The van der Waals surface area contributed by atoms with Crippen LogP contribution in [0, 0.1) is 5.82 Å². The number of hydrogen-bond acceptors (Lipinski definition) is 1. The highest BCUT2D eigenvalue weighted by molar-refractivity contribution is 5.20. The van der Waals surface area contributed by atoms with Crippen molar-refractivity contribution in [1.82, 2.24) is 5.54 Å². The van der Waals surface area contributed by atoms with E-state index >= 15 is 0 Å². The topological polar surface area (TPSA) is 12.0 Å². The summed E-state index contributed by atoms with van der Waals surface area (Å²) in [5.74, 6) is -0.366. The Morgan fingerprint density at radius 1 is 1.42 bits per heavy atom. The largest absolute Gasteiger partial charge is 0.207 e. The monoisotopic (exact) mass is 171 g/mol. The Bertz CT molecular complexity index is 246. The van der Waals surface area contributed by atoms with Crippen molar-refractivity contribution < 1.29 is 8.87 Å². The molecule has 0 amide bonds. The summed E-state index contributed by atoms with van der Waals surface area (Å²) in [5, 5.41) is 0. The second kappa shape index (κ2) is 4.16. The van der Waals surface area contributed by atoms with Gasteiger partial charge in [-0.25, -0.2) is 4.39 Å². The summed E-state index contributed by atoms with van der Waals surface area (Å²) in [5.41, 5.74) is 1.95. The van der Waals surface area contributed by atoms with Crippen LogP contribution in [0.25, 0.3) is 0 Å². The molecule has 0 radical (unpaired) electrons. The fourth-order valence-electron chi connectivity index (χ4n) is 1.11. The van der Waals surface area contributed by atoms with Crippen molar-refractivity contribution in [3.63, 3.8) is 0 Å². The highest BCUT2D eigenvalue weighted by atomic mass is 19.2. The van der Waals surface area contributed by atoms with Crippen molar-refractivity contribution >= 4 is 0 Å². The zero-order valence-electron chi connectivity index (χ0n) is 6.85. The van der Waals surface area contributed by atoms with Gasteiger partial charge in [-0.2, -0.15) is 5.54 Å². The van der Waals surface area contributed by atoms with Crippen LogP contribution in [0.1, 0.15) is 24.9 Å². The Balaban J connectivity index is 2.92. The molecule has 1 atom stereocenters. The standard InChI is InChI=1S/C9H11F2N/c1-2-9(12-11)7-5-3-4-6-8(7)10/h3-6,9,12H,2H2,1H3. The Morgan fingerprint density at radius 3 is 2.58 bits per heavy atom. The second-order valence-electron chi connectivity index (χ2n) is 2.59. The van der Waals surface area contributed by atoms with Crippen LogP contribution in [0.4, 0.5) is 8.87 Å². The Labute approximate surface area is 70.3 Å². The van der Waals surface area contributed by atoms with E-state index in [1.807, 2.05) is 0 Å². The minimum absolute atomic E-state index is 0.366.